The average Bonchev–Trinajstić information content (AvgIpc) is 2.02. The SMILES string of the molecule is CCOC1(C(=O)O)CC(C)OC(C)C1. The van der Waals surface area contributed by atoms with Gasteiger partial charge in [-0.1, -0.05) is 0 Å². The summed E-state index contributed by atoms with van der Waals surface area (Å²) in [6.45, 7) is 6.00. The number of carboxylic acids is 1. The molecule has 14 heavy (non-hydrogen) atoms. The van der Waals surface area contributed by atoms with E-state index in [1.54, 1.807) is 0 Å². The molecule has 1 N–H and O–H groups in total. The molecular formula is C10H18O4. The normalized spacial score (nSPS) is 38.2. The zero-order valence-electron chi connectivity index (χ0n) is 8.95. The molecular weight excluding hydrogens is 184 g/mol. The van der Waals surface area contributed by atoms with E-state index < -0.39 is 11.6 Å². The number of hydrogen-bond donors (Lipinski definition) is 1. The van der Waals surface area contributed by atoms with E-state index in [9.17, 15) is 9.90 Å². The molecule has 0 bridgehead atoms. The second-order valence-electron chi connectivity index (χ2n) is 3.90. The fourth-order valence-corrected chi connectivity index (χ4v) is 2.14. The molecule has 82 valence electrons. The Bertz CT molecular complexity index is 204. The Morgan fingerprint density at radius 1 is 1.50 bits per heavy atom. The quantitative estimate of drug-likeness (QED) is 0.752. The summed E-state index contributed by atoms with van der Waals surface area (Å²) in [5.41, 5.74) is -1.04. The molecule has 0 aliphatic carbocycles. The molecule has 1 heterocycles. The molecule has 0 aromatic rings. The Morgan fingerprint density at radius 3 is 2.36 bits per heavy atom. The summed E-state index contributed by atoms with van der Waals surface area (Å²) >= 11 is 0. The van der Waals surface area contributed by atoms with E-state index in [2.05, 4.69) is 0 Å². The van der Waals surface area contributed by atoms with Gasteiger partial charge in [0.15, 0.2) is 5.60 Å². The second kappa shape index (κ2) is 4.28. The van der Waals surface area contributed by atoms with Gasteiger partial charge in [-0.15, -0.1) is 0 Å². The molecule has 1 saturated heterocycles. The first kappa shape index (κ1) is 11.5. The van der Waals surface area contributed by atoms with Crippen molar-refractivity contribution in [2.24, 2.45) is 0 Å². The van der Waals surface area contributed by atoms with E-state index >= 15 is 0 Å². The van der Waals surface area contributed by atoms with Gasteiger partial charge in [0.05, 0.1) is 12.2 Å². The highest BCUT2D eigenvalue weighted by atomic mass is 16.5. The van der Waals surface area contributed by atoms with Crippen molar-refractivity contribution in [3.63, 3.8) is 0 Å². The van der Waals surface area contributed by atoms with Crippen molar-refractivity contribution in [3.8, 4) is 0 Å². The number of carbonyl (C=O) groups is 1. The van der Waals surface area contributed by atoms with E-state index in [1.807, 2.05) is 20.8 Å². The van der Waals surface area contributed by atoms with Gasteiger partial charge in [0.25, 0.3) is 0 Å². The summed E-state index contributed by atoms with van der Waals surface area (Å²) < 4.78 is 10.9. The molecule has 0 saturated carbocycles. The van der Waals surface area contributed by atoms with E-state index in [-0.39, 0.29) is 12.2 Å². The maximum atomic E-state index is 11.2. The maximum Gasteiger partial charge on any atom is 0.336 e. The lowest BCUT2D eigenvalue weighted by Crippen LogP contribution is -2.51. The fraction of sp³-hybridized carbons (Fsp3) is 0.900. The van der Waals surface area contributed by atoms with Crippen LogP contribution in [-0.2, 0) is 14.3 Å². The Balaban J connectivity index is 2.79. The second-order valence-corrected chi connectivity index (χ2v) is 3.90. The summed E-state index contributed by atoms with van der Waals surface area (Å²) in [6.07, 6.45) is 0.754. The molecule has 1 aliphatic rings. The number of ether oxygens (including phenoxy) is 2. The van der Waals surface area contributed by atoms with E-state index in [0.29, 0.717) is 19.4 Å². The predicted octanol–water partition coefficient (Wildman–Crippen LogP) is 1.43. The number of hydrogen-bond acceptors (Lipinski definition) is 3. The summed E-state index contributed by atoms with van der Waals surface area (Å²) in [6, 6.07) is 0. The first-order valence-corrected chi connectivity index (χ1v) is 5.03. The Kier molecular flexibility index (Phi) is 3.50. The molecule has 2 unspecified atom stereocenters. The van der Waals surface area contributed by atoms with Gasteiger partial charge in [0.1, 0.15) is 0 Å². The van der Waals surface area contributed by atoms with Crippen LogP contribution in [-0.4, -0.2) is 35.5 Å². The van der Waals surface area contributed by atoms with E-state index in [1.165, 1.54) is 0 Å². The molecule has 4 heteroatoms. The zero-order valence-corrected chi connectivity index (χ0v) is 8.95. The third-order valence-electron chi connectivity index (χ3n) is 2.51. The van der Waals surface area contributed by atoms with Crippen LogP contribution in [0.4, 0.5) is 0 Å². The van der Waals surface area contributed by atoms with Crippen LogP contribution >= 0.6 is 0 Å². The van der Waals surface area contributed by atoms with Crippen LogP contribution in [0, 0.1) is 0 Å². The summed E-state index contributed by atoms with van der Waals surface area (Å²) in [4.78, 5) is 11.2. The highest BCUT2D eigenvalue weighted by Crippen LogP contribution is 2.32. The Morgan fingerprint density at radius 2 is 2.00 bits per heavy atom. The molecule has 2 atom stereocenters. The maximum absolute atomic E-state index is 11.2. The van der Waals surface area contributed by atoms with Gasteiger partial charge < -0.3 is 14.6 Å². The van der Waals surface area contributed by atoms with Gasteiger partial charge in [-0.2, -0.15) is 0 Å². The molecule has 0 spiro atoms. The van der Waals surface area contributed by atoms with Gasteiger partial charge in [-0.3, -0.25) is 0 Å². The lowest BCUT2D eigenvalue weighted by atomic mass is 9.87. The molecule has 1 rings (SSSR count). The number of carboxylic acid groups (broad SMARTS) is 1. The minimum absolute atomic E-state index is 0.0543. The van der Waals surface area contributed by atoms with Crippen molar-refractivity contribution in [2.75, 3.05) is 6.61 Å². The largest absolute Gasteiger partial charge is 0.479 e. The van der Waals surface area contributed by atoms with Gasteiger partial charge in [0.2, 0.25) is 0 Å². The van der Waals surface area contributed by atoms with Crippen molar-refractivity contribution in [2.45, 2.75) is 51.4 Å². The van der Waals surface area contributed by atoms with Crippen LogP contribution < -0.4 is 0 Å². The molecule has 1 fully saturated rings. The third-order valence-corrected chi connectivity index (χ3v) is 2.51. The zero-order chi connectivity index (χ0) is 10.8. The third kappa shape index (κ3) is 2.25. The van der Waals surface area contributed by atoms with Gasteiger partial charge in [-0.25, -0.2) is 4.79 Å². The number of rotatable bonds is 3. The van der Waals surface area contributed by atoms with Crippen LogP contribution in [0.15, 0.2) is 0 Å². The molecule has 0 aromatic heterocycles. The molecule has 1 aliphatic heterocycles. The van der Waals surface area contributed by atoms with E-state index in [4.69, 9.17) is 9.47 Å². The van der Waals surface area contributed by atoms with Gasteiger partial charge >= 0.3 is 5.97 Å². The molecule has 0 aromatic carbocycles. The van der Waals surface area contributed by atoms with Crippen LogP contribution in [0.5, 0.6) is 0 Å². The Hall–Kier alpha value is -0.610. The average molecular weight is 202 g/mol. The highest BCUT2D eigenvalue weighted by Gasteiger charge is 2.45. The van der Waals surface area contributed by atoms with Gasteiger partial charge in [-0.05, 0) is 20.8 Å². The minimum Gasteiger partial charge on any atom is -0.479 e. The standard InChI is InChI=1S/C10H18O4/c1-4-13-10(9(11)12)5-7(2)14-8(3)6-10/h7-8H,4-6H2,1-3H3,(H,11,12). The van der Waals surface area contributed by atoms with Crippen molar-refractivity contribution in [3.05, 3.63) is 0 Å². The van der Waals surface area contributed by atoms with Gasteiger partial charge in [0, 0.05) is 19.4 Å². The smallest absolute Gasteiger partial charge is 0.336 e. The van der Waals surface area contributed by atoms with Crippen LogP contribution in [0.2, 0.25) is 0 Å². The molecule has 0 amide bonds. The lowest BCUT2D eigenvalue weighted by molar-refractivity contribution is -0.193. The monoisotopic (exact) mass is 202 g/mol. The predicted molar refractivity (Wildman–Crippen MR) is 51.2 cm³/mol. The molecule has 0 radical (unpaired) electrons. The Labute approximate surface area is 84.2 Å². The first-order chi connectivity index (χ1) is 6.50. The van der Waals surface area contributed by atoms with Crippen molar-refractivity contribution >= 4 is 5.97 Å². The fourth-order valence-electron chi connectivity index (χ4n) is 2.14. The molecule has 4 nitrogen and oxygen atoms in total. The topological polar surface area (TPSA) is 55.8 Å². The van der Waals surface area contributed by atoms with Crippen LogP contribution in [0.3, 0.4) is 0 Å². The first-order valence-electron chi connectivity index (χ1n) is 5.03. The summed E-state index contributed by atoms with van der Waals surface area (Å²) in [5, 5.41) is 9.17. The minimum atomic E-state index is -1.04. The summed E-state index contributed by atoms with van der Waals surface area (Å²) in [7, 11) is 0. The van der Waals surface area contributed by atoms with Crippen molar-refractivity contribution < 1.29 is 19.4 Å². The number of aliphatic carboxylic acids is 1. The van der Waals surface area contributed by atoms with Crippen LogP contribution in [0.1, 0.15) is 33.6 Å². The summed E-state index contributed by atoms with van der Waals surface area (Å²) in [5.74, 6) is -0.874. The highest BCUT2D eigenvalue weighted by molar-refractivity contribution is 5.77. The van der Waals surface area contributed by atoms with Crippen molar-refractivity contribution in [1.29, 1.82) is 0 Å². The van der Waals surface area contributed by atoms with E-state index in [0.717, 1.165) is 0 Å². The lowest BCUT2D eigenvalue weighted by Gasteiger charge is -2.39. The van der Waals surface area contributed by atoms with Crippen LogP contribution in [0.25, 0.3) is 0 Å². The van der Waals surface area contributed by atoms with Crippen molar-refractivity contribution in [1.82, 2.24) is 0 Å².